The van der Waals surface area contributed by atoms with E-state index in [9.17, 15) is 0 Å². The van der Waals surface area contributed by atoms with Crippen LogP contribution in [0.15, 0.2) is 30.3 Å². The molecule has 0 saturated heterocycles. The van der Waals surface area contributed by atoms with Crippen LogP contribution in [-0.4, -0.2) is 15.9 Å². The first kappa shape index (κ1) is 11.7. The maximum absolute atomic E-state index is 4.65. The van der Waals surface area contributed by atoms with Crippen molar-refractivity contribution in [1.82, 2.24) is 9.36 Å². The Bertz CT molecular complexity index is 517. The summed E-state index contributed by atoms with van der Waals surface area (Å²) in [7, 11) is 0. The molecule has 1 aliphatic carbocycles. The number of aromatic nitrogens is 2. The van der Waals surface area contributed by atoms with Crippen LogP contribution in [0.4, 0.5) is 5.13 Å². The van der Waals surface area contributed by atoms with E-state index >= 15 is 0 Å². The smallest absolute Gasteiger partial charge is 0.202 e. The summed E-state index contributed by atoms with van der Waals surface area (Å²) in [5.74, 6) is 0.998. The topological polar surface area (TPSA) is 37.8 Å². The molecule has 0 aliphatic heterocycles. The van der Waals surface area contributed by atoms with E-state index in [-0.39, 0.29) is 5.41 Å². The summed E-state index contributed by atoms with van der Waals surface area (Å²) < 4.78 is 4.55. The minimum absolute atomic E-state index is 0.101. The molecule has 1 saturated carbocycles. The molecule has 3 nitrogen and oxygen atoms in total. The number of anilines is 1. The molecule has 0 bridgehead atoms. The predicted molar refractivity (Wildman–Crippen MR) is 75.1 cm³/mol. The third-order valence-corrected chi connectivity index (χ3v) is 4.13. The lowest BCUT2D eigenvalue weighted by Gasteiger charge is -2.10. The largest absolute Gasteiger partial charge is 0.360 e. The molecule has 0 radical (unpaired) electrons. The van der Waals surface area contributed by atoms with E-state index in [0.29, 0.717) is 0 Å². The minimum Gasteiger partial charge on any atom is -0.360 e. The number of benzene rings is 1. The van der Waals surface area contributed by atoms with Crippen LogP contribution < -0.4 is 5.32 Å². The molecule has 1 aliphatic rings. The van der Waals surface area contributed by atoms with E-state index in [2.05, 4.69) is 51.9 Å². The maximum Gasteiger partial charge on any atom is 0.202 e. The van der Waals surface area contributed by atoms with Crippen molar-refractivity contribution < 1.29 is 0 Å². The maximum atomic E-state index is 4.65. The second-order valence-electron chi connectivity index (χ2n) is 4.80. The fourth-order valence-electron chi connectivity index (χ4n) is 2.25. The van der Waals surface area contributed by atoms with Crippen LogP contribution in [-0.2, 0) is 5.41 Å². The zero-order chi connectivity index (χ0) is 12.4. The second kappa shape index (κ2) is 4.69. The Morgan fingerprint density at radius 1 is 1.28 bits per heavy atom. The highest BCUT2D eigenvalue weighted by Crippen LogP contribution is 2.52. The zero-order valence-corrected chi connectivity index (χ0v) is 11.3. The van der Waals surface area contributed by atoms with Crippen molar-refractivity contribution in [3.8, 4) is 0 Å². The molecule has 1 heterocycles. The van der Waals surface area contributed by atoms with Crippen molar-refractivity contribution in [1.29, 1.82) is 0 Å². The standard InChI is InChI=1S/C14H17N3S/c1-2-10-15-13-16-12(17-18-13)14(8-9-14)11-6-4-3-5-7-11/h3-7H,2,8-10H2,1H3,(H,15,16,17). The number of hydrogen-bond acceptors (Lipinski definition) is 4. The van der Waals surface area contributed by atoms with Gasteiger partial charge in [0.25, 0.3) is 0 Å². The first-order valence-corrected chi connectivity index (χ1v) is 7.26. The number of hydrogen-bond donors (Lipinski definition) is 1. The Morgan fingerprint density at radius 3 is 2.72 bits per heavy atom. The van der Waals surface area contributed by atoms with Gasteiger partial charge in [-0.1, -0.05) is 37.3 Å². The molecule has 1 N–H and O–H groups in total. The average molecular weight is 259 g/mol. The van der Waals surface area contributed by atoms with Crippen LogP contribution in [0.25, 0.3) is 0 Å². The van der Waals surface area contributed by atoms with E-state index in [1.165, 1.54) is 29.9 Å². The lowest BCUT2D eigenvalue weighted by atomic mass is 9.95. The molecule has 1 aromatic heterocycles. The van der Waals surface area contributed by atoms with Gasteiger partial charge in [0.05, 0.1) is 5.41 Å². The van der Waals surface area contributed by atoms with Gasteiger partial charge in [-0.3, -0.25) is 0 Å². The summed E-state index contributed by atoms with van der Waals surface area (Å²) in [5, 5.41) is 4.26. The minimum atomic E-state index is 0.101. The molecule has 3 rings (SSSR count). The van der Waals surface area contributed by atoms with Gasteiger partial charge in [0, 0.05) is 18.1 Å². The van der Waals surface area contributed by atoms with Gasteiger partial charge in [0.2, 0.25) is 5.13 Å². The van der Waals surface area contributed by atoms with Gasteiger partial charge in [0.15, 0.2) is 5.82 Å². The normalized spacial score (nSPS) is 16.5. The SMILES string of the molecule is CCCNc1nc(C2(c3ccccc3)CC2)ns1. The van der Waals surface area contributed by atoms with Crippen molar-refractivity contribution in [2.24, 2.45) is 0 Å². The molecule has 0 atom stereocenters. The van der Waals surface area contributed by atoms with E-state index < -0.39 is 0 Å². The highest BCUT2D eigenvalue weighted by molar-refractivity contribution is 7.09. The third-order valence-electron chi connectivity index (χ3n) is 3.46. The first-order chi connectivity index (χ1) is 8.85. The van der Waals surface area contributed by atoms with Gasteiger partial charge < -0.3 is 5.32 Å². The lowest BCUT2D eigenvalue weighted by Crippen LogP contribution is -2.10. The zero-order valence-electron chi connectivity index (χ0n) is 10.5. The van der Waals surface area contributed by atoms with Crippen LogP contribution in [0.3, 0.4) is 0 Å². The molecule has 1 aromatic carbocycles. The molecular formula is C14H17N3S. The highest BCUT2D eigenvalue weighted by atomic mass is 32.1. The van der Waals surface area contributed by atoms with Gasteiger partial charge in [-0.05, 0) is 24.8 Å². The molecule has 2 aromatic rings. The number of nitrogens with one attached hydrogen (secondary N) is 1. The van der Waals surface area contributed by atoms with Gasteiger partial charge in [-0.15, -0.1) is 0 Å². The molecule has 4 heteroatoms. The lowest BCUT2D eigenvalue weighted by molar-refractivity contribution is 0.778. The Kier molecular flexibility index (Phi) is 3.04. The molecule has 0 unspecified atom stereocenters. The van der Waals surface area contributed by atoms with Gasteiger partial charge in [0.1, 0.15) is 0 Å². The van der Waals surface area contributed by atoms with Crippen molar-refractivity contribution in [2.45, 2.75) is 31.6 Å². The summed E-state index contributed by atoms with van der Waals surface area (Å²) >= 11 is 1.48. The van der Waals surface area contributed by atoms with Crippen LogP contribution >= 0.6 is 11.5 Å². The van der Waals surface area contributed by atoms with Crippen LogP contribution in [0, 0.1) is 0 Å². The van der Waals surface area contributed by atoms with Crippen molar-refractivity contribution >= 4 is 16.7 Å². The van der Waals surface area contributed by atoms with Crippen molar-refractivity contribution in [3.63, 3.8) is 0 Å². The summed E-state index contributed by atoms with van der Waals surface area (Å²) in [6, 6.07) is 10.6. The van der Waals surface area contributed by atoms with E-state index in [1.54, 1.807) is 0 Å². The fourth-order valence-corrected chi connectivity index (χ4v) is 2.93. The second-order valence-corrected chi connectivity index (χ2v) is 5.55. The monoisotopic (exact) mass is 259 g/mol. The summed E-state index contributed by atoms with van der Waals surface area (Å²) in [4.78, 5) is 4.65. The third kappa shape index (κ3) is 2.01. The molecule has 94 valence electrons. The number of nitrogens with zero attached hydrogens (tertiary/aromatic N) is 2. The molecule has 1 fully saturated rings. The highest BCUT2D eigenvalue weighted by Gasteiger charge is 2.49. The fraction of sp³-hybridized carbons (Fsp3) is 0.429. The molecule has 0 amide bonds. The summed E-state index contributed by atoms with van der Waals surface area (Å²) in [6.07, 6.45) is 3.45. The van der Waals surface area contributed by atoms with Crippen molar-refractivity contribution in [2.75, 3.05) is 11.9 Å². The molecular weight excluding hydrogens is 242 g/mol. The van der Waals surface area contributed by atoms with Gasteiger partial charge in [-0.2, -0.15) is 4.37 Å². The first-order valence-electron chi connectivity index (χ1n) is 6.49. The quantitative estimate of drug-likeness (QED) is 0.893. The Hall–Kier alpha value is -1.42. The average Bonchev–Trinajstić information content (AvgIpc) is 3.10. The Labute approximate surface area is 111 Å². The number of rotatable bonds is 5. The Balaban J connectivity index is 1.84. The van der Waals surface area contributed by atoms with Crippen LogP contribution in [0.1, 0.15) is 37.6 Å². The van der Waals surface area contributed by atoms with E-state index in [1.807, 2.05) is 0 Å². The van der Waals surface area contributed by atoms with Crippen molar-refractivity contribution in [3.05, 3.63) is 41.7 Å². The predicted octanol–water partition coefficient (Wildman–Crippen LogP) is 3.44. The molecule has 0 spiro atoms. The van der Waals surface area contributed by atoms with Crippen LogP contribution in [0.2, 0.25) is 0 Å². The van der Waals surface area contributed by atoms with E-state index in [4.69, 9.17) is 0 Å². The van der Waals surface area contributed by atoms with E-state index in [0.717, 1.165) is 23.9 Å². The summed E-state index contributed by atoms with van der Waals surface area (Å²) in [5.41, 5.74) is 1.45. The molecule has 18 heavy (non-hydrogen) atoms. The van der Waals surface area contributed by atoms with Gasteiger partial charge in [-0.25, -0.2) is 4.98 Å². The summed E-state index contributed by atoms with van der Waals surface area (Å²) in [6.45, 7) is 3.12. The Morgan fingerprint density at radius 2 is 2.06 bits per heavy atom. The van der Waals surface area contributed by atoms with Gasteiger partial charge >= 0.3 is 0 Å². The van der Waals surface area contributed by atoms with Crippen LogP contribution in [0.5, 0.6) is 0 Å².